The Balaban J connectivity index is 1.62. The van der Waals surface area contributed by atoms with E-state index in [9.17, 15) is 18.0 Å². The predicted molar refractivity (Wildman–Crippen MR) is 127 cm³/mol. The monoisotopic (exact) mass is 462 g/mol. The van der Waals surface area contributed by atoms with Crippen molar-refractivity contribution in [2.75, 3.05) is 6.54 Å². The summed E-state index contributed by atoms with van der Waals surface area (Å²) in [5, 5.41) is 8.95. The second-order valence-electron chi connectivity index (χ2n) is 7.70. The van der Waals surface area contributed by atoms with E-state index in [1.807, 2.05) is 37.3 Å². The number of sulfonamides is 1. The Kier molecular flexibility index (Phi) is 6.13. The van der Waals surface area contributed by atoms with Crippen LogP contribution in [0.1, 0.15) is 21.7 Å². The number of hydrogen-bond donors (Lipinski definition) is 2. The molecule has 1 amide bonds. The van der Waals surface area contributed by atoms with Crippen molar-refractivity contribution >= 4 is 26.7 Å². The molecule has 0 atom stereocenters. The lowest BCUT2D eigenvalue weighted by molar-refractivity contribution is 0.0923. The molecule has 3 N–H and O–H groups in total. The summed E-state index contributed by atoms with van der Waals surface area (Å²) < 4.78 is 28.2. The maximum Gasteiger partial charge on any atom is 0.344 e. The molecule has 0 fully saturated rings. The summed E-state index contributed by atoms with van der Waals surface area (Å²) in [7, 11) is -3.76. The molecule has 0 bridgehead atoms. The van der Waals surface area contributed by atoms with Gasteiger partial charge in [0.05, 0.1) is 10.3 Å². The van der Waals surface area contributed by atoms with Gasteiger partial charge >= 0.3 is 5.63 Å². The SMILES string of the molecule is Cc1ccc(-c2c(C(=O)NCCc3ccc(S(N)(=O)=O)cc3)oc(=O)c3ccccc23)cc1. The summed E-state index contributed by atoms with van der Waals surface area (Å²) in [4.78, 5) is 25.6. The van der Waals surface area contributed by atoms with Gasteiger partial charge in [0.1, 0.15) is 0 Å². The topological polar surface area (TPSA) is 119 Å². The lowest BCUT2D eigenvalue weighted by atomic mass is 9.97. The molecule has 0 aliphatic heterocycles. The average molecular weight is 463 g/mol. The van der Waals surface area contributed by atoms with E-state index in [4.69, 9.17) is 9.56 Å². The number of carbonyl (C=O) groups excluding carboxylic acids is 1. The maximum absolute atomic E-state index is 13.0. The van der Waals surface area contributed by atoms with Crippen LogP contribution >= 0.6 is 0 Å². The molecule has 33 heavy (non-hydrogen) atoms. The Labute approximate surface area is 190 Å². The van der Waals surface area contributed by atoms with Crippen molar-refractivity contribution in [3.8, 4) is 11.1 Å². The average Bonchev–Trinajstić information content (AvgIpc) is 2.79. The molecule has 7 nitrogen and oxygen atoms in total. The van der Waals surface area contributed by atoms with Crippen molar-refractivity contribution in [2.45, 2.75) is 18.2 Å². The number of rotatable bonds is 6. The Morgan fingerprint density at radius 1 is 0.939 bits per heavy atom. The number of hydrogen-bond acceptors (Lipinski definition) is 5. The van der Waals surface area contributed by atoms with Crippen LogP contribution in [0.25, 0.3) is 21.9 Å². The van der Waals surface area contributed by atoms with Gasteiger partial charge < -0.3 is 9.73 Å². The van der Waals surface area contributed by atoms with Gasteiger partial charge in [0.15, 0.2) is 0 Å². The van der Waals surface area contributed by atoms with E-state index in [1.54, 1.807) is 30.3 Å². The van der Waals surface area contributed by atoms with Gasteiger partial charge in [0, 0.05) is 17.5 Å². The van der Waals surface area contributed by atoms with Crippen LogP contribution < -0.4 is 16.1 Å². The second kappa shape index (κ2) is 9.01. The molecular formula is C25H22N2O5S. The summed E-state index contributed by atoms with van der Waals surface area (Å²) >= 11 is 0. The summed E-state index contributed by atoms with van der Waals surface area (Å²) in [6.45, 7) is 2.23. The summed E-state index contributed by atoms with van der Waals surface area (Å²) in [5.74, 6) is -0.554. The number of amides is 1. The highest BCUT2D eigenvalue weighted by atomic mass is 32.2. The van der Waals surface area contributed by atoms with Crippen molar-refractivity contribution in [1.29, 1.82) is 0 Å². The third-order valence-corrected chi connectivity index (χ3v) is 6.26. The zero-order valence-electron chi connectivity index (χ0n) is 17.9. The quantitative estimate of drug-likeness (QED) is 0.455. The van der Waals surface area contributed by atoms with Gasteiger partial charge in [0.2, 0.25) is 15.8 Å². The fourth-order valence-electron chi connectivity index (χ4n) is 3.61. The fourth-order valence-corrected chi connectivity index (χ4v) is 4.13. The van der Waals surface area contributed by atoms with Crippen molar-refractivity contribution in [1.82, 2.24) is 5.32 Å². The molecule has 4 rings (SSSR count). The van der Waals surface area contributed by atoms with Crippen molar-refractivity contribution < 1.29 is 17.6 Å². The van der Waals surface area contributed by atoms with Crippen LogP contribution in [0.5, 0.6) is 0 Å². The van der Waals surface area contributed by atoms with Crippen molar-refractivity contribution in [3.63, 3.8) is 0 Å². The first-order valence-electron chi connectivity index (χ1n) is 10.3. The Hall–Kier alpha value is -3.75. The molecule has 0 unspecified atom stereocenters. The molecule has 0 aliphatic carbocycles. The van der Waals surface area contributed by atoms with Crippen LogP contribution in [0.15, 0.2) is 86.9 Å². The van der Waals surface area contributed by atoms with Crippen LogP contribution in [0.3, 0.4) is 0 Å². The summed E-state index contributed by atoms with van der Waals surface area (Å²) in [6, 6.07) is 20.8. The van der Waals surface area contributed by atoms with Gasteiger partial charge in [-0.05, 0) is 42.7 Å². The Morgan fingerprint density at radius 2 is 1.58 bits per heavy atom. The second-order valence-corrected chi connectivity index (χ2v) is 9.26. The first-order valence-corrected chi connectivity index (χ1v) is 11.8. The van der Waals surface area contributed by atoms with Crippen molar-refractivity contribution in [2.24, 2.45) is 5.14 Å². The van der Waals surface area contributed by atoms with Crippen LogP contribution in [0, 0.1) is 6.92 Å². The first-order chi connectivity index (χ1) is 15.7. The lowest BCUT2D eigenvalue weighted by Crippen LogP contribution is -2.27. The van der Waals surface area contributed by atoms with Crippen molar-refractivity contribution in [3.05, 3.63) is 100 Å². The molecule has 168 valence electrons. The predicted octanol–water partition coefficient (Wildman–Crippen LogP) is 3.39. The third kappa shape index (κ3) is 4.87. The van der Waals surface area contributed by atoms with Crippen LogP contribution in [-0.2, 0) is 16.4 Å². The van der Waals surface area contributed by atoms with E-state index < -0.39 is 21.6 Å². The normalized spacial score (nSPS) is 11.5. The number of nitrogens with two attached hydrogens (primary N) is 1. The molecule has 1 aromatic heterocycles. The Morgan fingerprint density at radius 3 is 2.21 bits per heavy atom. The number of aryl methyl sites for hydroxylation is 1. The van der Waals surface area contributed by atoms with E-state index in [2.05, 4.69) is 5.32 Å². The summed E-state index contributed by atoms with van der Waals surface area (Å²) in [6.07, 6.45) is 0.453. The molecule has 0 saturated heterocycles. The molecule has 0 radical (unpaired) electrons. The van der Waals surface area contributed by atoms with Gasteiger partial charge in [0.25, 0.3) is 5.91 Å². The third-order valence-electron chi connectivity index (χ3n) is 5.34. The molecule has 0 aliphatic rings. The molecular weight excluding hydrogens is 440 g/mol. The van der Waals surface area contributed by atoms with Gasteiger partial charge in [-0.15, -0.1) is 0 Å². The van der Waals surface area contributed by atoms with E-state index in [0.717, 1.165) is 16.7 Å². The number of benzene rings is 3. The van der Waals surface area contributed by atoms with E-state index in [0.29, 0.717) is 22.8 Å². The highest BCUT2D eigenvalue weighted by molar-refractivity contribution is 7.89. The highest BCUT2D eigenvalue weighted by Gasteiger charge is 2.21. The molecule has 0 spiro atoms. The van der Waals surface area contributed by atoms with E-state index in [-0.39, 0.29) is 17.2 Å². The zero-order chi connectivity index (χ0) is 23.6. The number of nitrogens with one attached hydrogen (secondary N) is 1. The molecule has 1 heterocycles. The molecule has 0 saturated carbocycles. The van der Waals surface area contributed by atoms with Gasteiger partial charge in [-0.1, -0.05) is 60.2 Å². The van der Waals surface area contributed by atoms with Crippen LogP contribution in [0.2, 0.25) is 0 Å². The minimum Gasteiger partial charge on any atom is -0.416 e. The minimum absolute atomic E-state index is 0.0240. The molecule has 8 heteroatoms. The molecule has 4 aromatic rings. The summed E-state index contributed by atoms with van der Waals surface area (Å²) in [5.41, 5.74) is 2.64. The van der Waals surface area contributed by atoms with Gasteiger partial charge in [-0.25, -0.2) is 18.4 Å². The van der Waals surface area contributed by atoms with Crippen LogP contribution in [-0.4, -0.2) is 20.9 Å². The maximum atomic E-state index is 13.0. The van der Waals surface area contributed by atoms with Crippen LogP contribution in [0.4, 0.5) is 0 Å². The largest absolute Gasteiger partial charge is 0.416 e. The fraction of sp³-hybridized carbons (Fsp3) is 0.120. The van der Waals surface area contributed by atoms with Gasteiger partial charge in [-0.2, -0.15) is 0 Å². The van der Waals surface area contributed by atoms with Gasteiger partial charge in [-0.3, -0.25) is 4.79 Å². The highest BCUT2D eigenvalue weighted by Crippen LogP contribution is 2.31. The van der Waals surface area contributed by atoms with E-state index in [1.165, 1.54) is 12.1 Å². The number of carbonyl (C=O) groups is 1. The zero-order valence-corrected chi connectivity index (χ0v) is 18.7. The Bertz CT molecular complexity index is 1490. The van der Waals surface area contributed by atoms with E-state index >= 15 is 0 Å². The smallest absolute Gasteiger partial charge is 0.344 e. The minimum atomic E-state index is -3.76. The number of fused-ring (bicyclic) bond motifs is 1. The first kappa shape index (κ1) is 22.4. The standard InChI is InChI=1S/C25H22N2O5S/c1-16-6-10-18(11-7-16)22-20-4-2-3-5-21(20)25(29)32-23(22)24(28)27-15-14-17-8-12-19(13-9-17)33(26,30)31/h2-13H,14-15H2,1H3,(H,27,28)(H2,26,30,31). The lowest BCUT2D eigenvalue weighted by Gasteiger charge is -2.12. The molecule has 3 aromatic carbocycles. The number of primary sulfonamides is 1.